The highest BCUT2D eigenvalue weighted by atomic mass is 32.2. The van der Waals surface area contributed by atoms with Gasteiger partial charge in [0.15, 0.2) is 0 Å². The molecule has 2 heterocycles. The second-order valence-corrected chi connectivity index (χ2v) is 6.18. The molecule has 1 aliphatic heterocycles. The first-order valence-electron chi connectivity index (χ1n) is 5.68. The van der Waals surface area contributed by atoms with Crippen molar-refractivity contribution in [3.63, 3.8) is 0 Å². The molecule has 2 rings (SSSR count). The Morgan fingerprint density at radius 1 is 1.33 bits per heavy atom. The van der Waals surface area contributed by atoms with Gasteiger partial charge in [-0.25, -0.2) is 8.42 Å². The van der Waals surface area contributed by atoms with E-state index in [0.717, 1.165) is 0 Å². The van der Waals surface area contributed by atoms with Crippen LogP contribution in [-0.4, -0.2) is 59.9 Å². The summed E-state index contributed by atoms with van der Waals surface area (Å²) in [6.07, 6.45) is 1.32. The van der Waals surface area contributed by atoms with E-state index in [9.17, 15) is 13.2 Å². The number of H-pyrrole nitrogens is 1. The average Bonchev–Trinajstić information content (AvgIpc) is 2.76. The van der Waals surface area contributed by atoms with Gasteiger partial charge in [0.2, 0.25) is 15.9 Å². The minimum absolute atomic E-state index is 0.0217. The highest BCUT2D eigenvalue weighted by Gasteiger charge is 2.30. The lowest BCUT2D eigenvalue weighted by atomic mass is 10.3. The Morgan fingerprint density at radius 3 is 2.39 bits per heavy atom. The zero-order chi connectivity index (χ0) is 13.3. The van der Waals surface area contributed by atoms with Gasteiger partial charge in [0.1, 0.15) is 4.90 Å². The molecule has 1 aliphatic rings. The lowest BCUT2D eigenvalue weighted by Gasteiger charge is -2.33. The van der Waals surface area contributed by atoms with Crippen molar-refractivity contribution in [2.45, 2.75) is 18.7 Å². The molecule has 0 radical (unpaired) electrons. The number of hydrogen-bond acceptors (Lipinski definition) is 4. The zero-order valence-corrected chi connectivity index (χ0v) is 11.2. The Balaban J connectivity index is 2.15. The zero-order valence-electron chi connectivity index (χ0n) is 10.4. The third-order valence-electron chi connectivity index (χ3n) is 3.09. The Bertz CT molecular complexity index is 543. The normalized spacial score (nSPS) is 18.0. The second kappa shape index (κ2) is 4.69. The van der Waals surface area contributed by atoms with Gasteiger partial charge >= 0.3 is 0 Å². The van der Waals surface area contributed by atoms with E-state index in [2.05, 4.69) is 10.2 Å². The van der Waals surface area contributed by atoms with Crippen molar-refractivity contribution >= 4 is 15.9 Å². The molecule has 0 spiro atoms. The number of carbonyl (C=O) groups is 1. The van der Waals surface area contributed by atoms with Gasteiger partial charge in [-0.3, -0.25) is 9.89 Å². The topological polar surface area (TPSA) is 86.4 Å². The number of carbonyl (C=O) groups excluding carboxylic acids is 1. The number of amides is 1. The molecular formula is C10H16N4O3S. The van der Waals surface area contributed by atoms with Crippen LogP contribution in [-0.2, 0) is 14.8 Å². The van der Waals surface area contributed by atoms with Crippen molar-refractivity contribution in [1.29, 1.82) is 0 Å². The SMILES string of the molecule is CC(=O)N1CCN(S(=O)(=O)c2cn[nH]c2C)CC1. The summed E-state index contributed by atoms with van der Waals surface area (Å²) >= 11 is 0. The number of rotatable bonds is 2. The summed E-state index contributed by atoms with van der Waals surface area (Å²) in [7, 11) is -3.50. The van der Waals surface area contributed by atoms with E-state index in [1.165, 1.54) is 17.4 Å². The van der Waals surface area contributed by atoms with Crippen molar-refractivity contribution in [2.24, 2.45) is 0 Å². The van der Waals surface area contributed by atoms with E-state index in [-0.39, 0.29) is 10.8 Å². The van der Waals surface area contributed by atoms with E-state index < -0.39 is 10.0 Å². The summed E-state index contributed by atoms with van der Waals surface area (Å²) in [5, 5.41) is 6.35. The highest BCUT2D eigenvalue weighted by molar-refractivity contribution is 7.89. The Kier molecular flexibility index (Phi) is 3.40. The van der Waals surface area contributed by atoms with Crippen LogP contribution >= 0.6 is 0 Å². The third-order valence-corrected chi connectivity index (χ3v) is 5.10. The van der Waals surface area contributed by atoms with E-state index in [1.54, 1.807) is 11.8 Å². The smallest absolute Gasteiger partial charge is 0.246 e. The summed E-state index contributed by atoms with van der Waals surface area (Å²) in [6, 6.07) is 0. The van der Waals surface area contributed by atoms with Gasteiger partial charge in [0.05, 0.1) is 11.9 Å². The number of hydrogen-bond donors (Lipinski definition) is 1. The first-order valence-corrected chi connectivity index (χ1v) is 7.12. The second-order valence-electron chi connectivity index (χ2n) is 4.27. The van der Waals surface area contributed by atoms with Crippen molar-refractivity contribution in [2.75, 3.05) is 26.2 Å². The number of nitrogens with one attached hydrogen (secondary N) is 1. The minimum Gasteiger partial charge on any atom is -0.340 e. The molecule has 1 N–H and O–H groups in total. The number of sulfonamides is 1. The Morgan fingerprint density at radius 2 is 1.94 bits per heavy atom. The summed E-state index contributed by atoms with van der Waals surface area (Å²) in [5.41, 5.74) is 0.531. The van der Waals surface area contributed by atoms with Gasteiger partial charge in [-0.15, -0.1) is 0 Å². The van der Waals surface area contributed by atoms with Crippen LogP contribution in [0.15, 0.2) is 11.1 Å². The molecule has 1 fully saturated rings. The van der Waals surface area contributed by atoms with Crippen LogP contribution in [0.25, 0.3) is 0 Å². The van der Waals surface area contributed by atoms with E-state index in [4.69, 9.17) is 0 Å². The maximum Gasteiger partial charge on any atom is 0.246 e. The maximum atomic E-state index is 12.3. The first kappa shape index (κ1) is 13.0. The van der Waals surface area contributed by atoms with Gasteiger partial charge in [0.25, 0.3) is 0 Å². The van der Waals surface area contributed by atoms with Crippen molar-refractivity contribution in [3.8, 4) is 0 Å². The molecule has 1 aromatic rings. The lowest BCUT2D eigenvalue weighted by molar-refractivity contribution is -0.129. The maximum absolute atomic E-state index is 12.3. The number of nitrogens with zero attached hydrogens (tertiary/aromatic N) is 3. The van der Waals surface area contributed by atoms with Gasteiger partial charge in [-0.2, -0.15) is 9.40 Å². The third kappa shape index (κ3) is 2.25. The van der Waals surface area contributed by atoms with Crippen molar-refractivity contribution in [1.82, 2.24) is 19.4 Å². The molecule has 0 aromatic carbocycles. The quantitative estimate of drug-likeness (QED) is 0.791. The fraction of sp³-hybridized carbons (Fsp3) is 0.600. The highest BCUT2D eigenvalue weighted by Crippen LogP contribution is 2.19. The molecule has 0 saturated carbocycles. The molecule has 1 amide bonds. The predicted molar refractivity (Wildman–Crippen MR) is 64.3 cm³/mol. The molecule has 0 atom stereocenters. The Labute approximate surface area is 106 Å². The summed E-state index contributed by atoms with van der Waals surface area (Å²) in [4.78, 5) is 13.0. The van der Waals surface area contributed by atoms with Gasteiger partial charge in [0, 0.05) is 33.1 Å². The molecule has 18 heavy (non-hydrogen) atoms. The Hall–Kier alpha value is -1.41. The van der Waals surface area contributed by atoms with Crippen LogP contribution < -0.4 is 0 Å². The van der Waals surface area contributed by atoms with Gasteiger partial charge in [-0.1, -0.05) is 0 Å². The van der Waals surface area contributed by atoms with Crippen LogP contribution in [0.5, 0.6) is 0 Å². The van der Waals surface area contributed by atoms with E-state index in [1.807, 2.05) is 0 Å². The van der Waals surface area contributed by atoms with Crippen LogP contribution in [0.2, 0.25) is 0 Å². The molecule has 1 saturated heterocycles. The van der Waals surface area contributed by atoms with Crippen LogP contribution in [0.4, 0.5) is 0 Å². The monoisotopic (exact) mass is 272 g/mol. The van der Waals surface area contributed by atoms with Crippen molar-refractivity contribution < 1.29 is 13.2 Å². The standard InChI is InChI=1S/C10H16N4O3S/c1-8-10(7-11-12-8)18(16,17)14-5-3-13(4-6-14)9(2)15/h7H,3-6H2,1-2H3,(H,11,12). The van der Waals surface area contributed by atoms with Crippen LogP contribution in [0.3, 0.4) is 0 Å². The van der Waals surface area contributed by atoms with Gasteiger partial charge < -0.3 is 4.90 Å². The van der Waals surface area contributed by atoms with Crippen molar-refractivity contribution in [3.05, 3.63) is 11.9 Å². The molecule has 7 nitrogen and oxygen atoms in total. The number of aromatic nitrogens is 2. The largest absolute Gasteiger partial charge is 0.340 e. The number of aryl methyl sites for hydroxylation is 1. The lowest BCUT2D eigenvalue weighted by Crippen LogP contribution is -2.49. The predicted octanol–water partition coefficient (Wildman–Crippen LogP) is -0.429. The molecule has 0 bridgehead atoms. The first-order chi connectivity index (χ1) is 8.43. The average molecular weight is 272 g/mol. The minimum atomic E-state index is -3.50. The molecular weight excluding hydrogens is 256 g/mol. The van der Waals surface area contributed by atoms with Gasteiger partial charge in [-0.05, 0) is 6.92 Å². The van der Waals surface area contributed by atoms with Crippen LogP contribution in [0, 0.1) is 6.92 Å². The summed E-state index contributed by atoms with van der Waals surface area (Å²) in [6.45, 7) is 4.69. The fourth-order valence-electron chi connectivity index (χ4n) is 1.98. The van der Waals surface area contributed by atoms with E-state index >= 15 is 0 Å². The van der Waals surface area contributed by atoms with Crippen LogP contribution in [0.1, 0.15) is 12.6 Å². The summed E-state index contributed by atoms with van der Waals surface area (Å²) in [5.74, 6) is -0.0217. The number of aromatic amines is 1. The fourth-order valence-corrected chi connectivity index (χ4v) is 3.52. The molecule has 100 valence electrons. The molecule has 0 unspecified atom stereocenters. The number of piperazine rings is 1. The molecule has 8 heteroatoms. The summed E-state index contributed by atoms with van der Waals surface area (Å²) < 4.78 is 26.0. The molecule has 0 aliphatic carbocycles. The molecule has 1 aromatic heterocycles. The van der Waals surface area contributed by atoms with E-state index in [0.29, 0.717) is 31.9 Å².